The molecule has 1 heterocycles. The zero-order valence-corrected chi connectivity index (χ0v) is 13.3. The first-order valence-electron chi connectivity index (χ1n) is 6.59. The Morgan fingerprint density at radius 3 is 2.95 bits per heavy atom. The Morgan fingerprint density at radius 2 is 2.30 bits per heavy atom. The van der Waals surface area contributed by atoms with Crippen LogP contribution in [0.2, 0.25) is 0 Å². The average Bonchev–Trinajstić information content (AvgIpc) is 2.41. The van der Waals surface area contributed by atoms with Crippen LogP contribution in [0.5, 0.6) is 0 Å². The van der Waals surface area contributed by atoms with Crippen LogP contribution in [-0.2, 0) is 11.3 Å². The molecule has 0 aliphatic carbocycles. The predicted octanol–water partition coefficient (Wildman–Crippen LogP) is 1.45. The van der Waals surface area contributed by atoms with E-state index in [1.807, 2.05) is 11.0 Å². The van der Waals surface area contributed by atoms with Crippen LogP contribution < -0.4 is 5.32 Å². The van der Waals surface area contributed by atoms with Gasteiger partial charge in [0.15, 0.2) is 0 Å². The molecule has 0 aromatic heterocycles. The molecule has 110 valence electrons. The topological polar surface area (TPSA) is 35.6 Å². The molecule has 1 fully saturated rings. The molecule has 0 bridgehead atoms. The highest BCUT2D eigenvalue weighted by molar-refractivity contribution is 9.10. The van der Waals surface area contributed by atoms with Crippen molar-refractivity contribution in [1.29, 1.82) is 0 Å². The first-order chi connectivity index (χ1) is 9.49. The number of amides is 1. The fraction of sp³-hybridized carbons (Fsp3) is 0.500. The van der Waals surface area contributed by atoms with Gasteiger partial charge in [0.05, 0.1) is 0 Å². The third-order valence-corrected chi connectivity index (χ3v) is 3.96. The van der Waals surface area contributed by atoms with Crippen molar-refractivity contribution < 1.29 is 9.18 Å². The Bertz CT molecular complexity index is 495. The number of carbonyl (C=O) groups is 1. The molecule has 1 aromatic rings. The van der Waals surface area contributed by atoms with E-state index in [-0.39, 0.29) is 17.8 Å². The third-order valence-electron chi connectivity index (χ3n) is 3.47. The maximum atomic E-state index is 13.9. The van der Waals surface area contributed by atoms with Crippen molar-refractivity contribution in [2.45, 2.75) is 12.6 Å². The quantitative estimate of drug-likeness (QED) is 0.902. The molecule has 1 amide bonds. The summed E-state index contributed by atoms with van der Waals surface area (Å²) in [5.74, 6) is -0.191. The van der Waals surface area contributed by atoms with Gasteiger partial charge >= 0.3 is 0 Å². The van der Waals surface area contributed by atoms with Gasteiger partial charge in [0.1, 0.15) is 11.9 Å². The zero-order chi connectivity index (χ0) is 14.7. The second-order valence-corrected chi connectivity index (χ2v) is 6.07. The molecular weight excluding hydrogens is 325 g/mol. The number of piperazine rings is 1. The Morgan fingerprint density at radius 1 is 1.55 bits per heavy atom. The van der Waals surface area contributed by atoms with Gasteiger partial charge in [-0.25, -0.2) is 4.39 Å². The predicted molar refractivity (Wildman–Crippen MR) is 79.9 cm³/mol. The monoisotopic (exact) mass is 343 g/mol. The van der Waals surface area contributed by atoms with Crippen LogP contribution in [0.15, 0.2) is 22.7 Å². The van der Waals surface area contributed by atoms with E-state index in [0.717, 1.165) is 17.6 Å². The van der Waals surface area contributed by atoms with E-state index in [0.29, 0.717) is 18.7 Å². The molecule has 2 rings (SSSR count). The molecule has 1 unspecified atom stereocenters. The second kappa shape index (κ2) is 6.65. The summed E-state index contributed by atoms with van der Waals surface area (Å²) < 4.78 is 14.6. The van der Waals surface area contributed by atoms with Crippen molar-refractivity contribution in [1.82, 2.24) is 15.1 Å². The lowest BCUT2D eigenvalue weighted by molar-refractivity contribution is -0.135. The average molecular weight is 344 g/mol. The molecule has 4 nitrogen and oxygen atoms in total. The molecule has 1 aromatic carbocycles. The Kier molecular flexibility index (Phi) is 5.12. The van der Waals surface area contributed by atoms with Crippen molar-refractivity contribution in [2.24, 2.45) is 0 Å². The van der Waals surface area contributed by atoms with E-state index in [1.54, 1.807) is 25.1 Å². The van der Waals surface area contributed by atoms with Crippen LogP contribution in [0.4, 0.5) is 4.39 Å². The summed E-state index contributed by atoms with van der Waals surface area (Å²) in [4.78, 5) is 15.8. The molecule has 0 spiro atoms. The number of likely N-dealkylation sites (N-methyl/N-ethyl adjacent to an activating group) is 1. The summed E-state index contributed by atoms with van der Waals surface area (Å²) in [5, 5.41) is 3.22. The van der Waals surface area contributed by atoms with E-state index in [1.165, 1.54) is 6.07 Å². The molecule has 6 heteroatoms. The first kappa shape index (κ1) is 15.4. The van der Waals surface area contributed by atoms with Crippen molar-refractivity contribution in [3.05, 3.63) is 34.1 Å². The van der Waals surface area contributed by atoms with E-state index in [2.05, 4.69) is 21.2 Å². The lowest BCUT2D eigenvalue weighted by atomic mass is 10.1. The molecule has 1 N–H and O–H groups in total. The van der Waals surface area contributed by atoms with Crippen molar-refractivity contribution >= 4 is 21.8 Å². The van der Waals surface area contributed by atoms with E-state index in [9.17, 15) is 9.18 Å². The standard InChI is InChI=1S/C14H19BrFN3O/c1-18(2)14(20)13-8-17-5-6-19(13)9-10-3-4-11(15)7-12(10)16/h3-4,7,13,17H,5-6,8-9H2,1-2H3. The number of benzene rings is 1. The molecule has 1 atom stereocenters. The molecule has 1 aliphatic rings. The number of nitrogens with one attached hydrogen (secondary N) is 1. The molecule has 20 heavy (non-hydrogen) atoms. The van der Waals surface area contributed by atoms with Gasteiger partial charge < -0.3 is 10.2 Å². The van der Waals surface area contributed by atoms with Gasteiger partial charge in [-0.3, -0.25) is 9.69 Å². The summed E-state index contributed by atoms with van der Waals surface area (Å²) in [7, 11) is 3.49. The number of hydrogen-bond acceptors (Lipinski definition) is 3. The normalized spacial score (nSPS) is 19.9. The SMILES string of the molecule is CN(C)C(=O)C1CNCCN1Cc1ccc(Br)cc1F. The molecule has 0 saturated carbocycles. The summed E-state index contributed by atoms with van der Waals surface area (Å²) >= 11 is 3.25. The largest absolute Gasteiger partial charge is 0.347 e. The van der Waals surface area contributed by atoms with Crippen molar-refractivity contribution in [3.63, 3.8) is 0 Å². The van der Waals surface area contributed by atoms with Crippen LogP contribution in [-0.4, -0.2) is 55.5 Å². The van der Waals surface area contributed by atoms with Gasteiger partial charge in [0.25, 0.3) is 0 Å². The smallest absolute Gasteiger partial charge is 0.240 e. The summed E-state index contributed by atoms with van der Waals surface area (Å²) in [6, 6.07) is 4.81. The minimum Gasteiger partial charge on any atom is -0.347 e. The number of halogens is 2. The summed E-state index contributed by atoms with van der Waals surface area (Å²) in [6.45, 7) is 2.61. The Hall–Kier alpha value is -0.980. The minimum absolute atomic E-state index is 0.0507. The Balaban J connectivity index is 2.14. The highest BCUT2D eigenvalue weighted by atomic mass is 79.9. The molecule has 0 radical (unpaired) electrons. The molecule has 1 aliphatic heterocycles. The van der Waals surface area contributed by atoms with E-state index in [4.69, 9.17) is 0 Å². The molecule has 1 saturated heterocycles. The van der Waals surface area contributed by atoms with Crippen LogP contribution >= 0.6 is 15.9 Å². The van der Waals surface area contributed by atoms with E-state index >= 15 is 0 Å². The minimum atomic E-state index is -0.242. The number of hydrogen-bond donors (Lipinski definition) is 1. The fourth-order valence-corrected chi connectivity index (χ4v) is 2.68. The maximum Gasteiger partial charge on any atom is 0.240 e. The highest BCUT2D eigenvalue weighted by Crippen LogP contribution is 2.18. The number of nitrogens with zero attached hydrogens (tertiary/aromatic N) is 2. The van der Waals surface area contributed by atoms with Crippen LogP contribution in [0.25, 0.3) is 0 Å². The van der Waals surface area contributed by atoms with Gasteiger partial charge in [-0.05, 0) is 12.1 Å². The van der Waals surface area contributed by atoms with Gasteiger partial charge in [-0.1, -0.05) is 22.0 Å². The maximum absolute atomic E-state index is 13.9. The van der Waals surface area contributed by atoms with Gasteiger partial charge in [0.2, 0.25) is 5.91 Å². The summed E-state index contributed by atoms with van der Waals surface area (Å²) in [6.07, 6.45) is 0. The first-order valence-corrected chi connectivity index (χ1v) is 7.38. The third kappa shape index (κ3) is 3.56. The van der Waals surface area contributed by atoms with Crippen LogP contribution in [0, 0.1) is 5.82 Å². The fourth-order valence-electron chi connectivity index (χ4n) is 2.35. The zero-order valence-electron chi connectivity index (χ0n) is 11.7. The second-order valence-electron chi connectivity index (χ2n) is 5.16. The lowest BCUT2D eigenvalue weighted by Crippen LogP contribution is -2.57. The highest BCUT2D eigenvalue weighted by Gasteiger charge is 2.30. The lowest BCUT2D eigenvalue weighted by Gasteiger charge is -2.36. The van der Waals surface area contributed by atoms with Crippen LogP contribution in [0.3, 0.4) is 0 Å². The van der Waals surface area contributed by atoms with Gasteiger partial charge in [0, 0.05) is 50.3 Å². The Labute approximate surface area is 127 Å². The molecular formula is C14H19BrFN3O. The van der Waals surface area contributed by atoms with E-state index < -0.39 is 0 Å². The number of rotatable bonds is 3. The van der Waals surface area contributed by atoms with Gasteiger partial charge in [-0.2, -0.15) is 0 Å². The summed E-state index contributed by atoms with van der Waals surface area (Å²) in [5.41, 5.74) is 0.617. The number of carbonyl (C=O) groups excluding carboxylic acids is 1. The van der Waals surface area contributed by atoms with Crippen molar-refractivity contribution in [2.75, 3.05) is 33.7 Å². The van der Waals surface area contributed by atoms with Gasteiger partial charge in [-0.15, -0.1) is 0 Å². The van der Waals surface area contributed by atoms with Crippen LogP contribution in [0.1, 0.15) is 5.56 Å². The van der Waals surface area contributed by atoms with Crippen molar-refractivity contribution in [3.8, 4) is 0 Å².